The van der Waals surface area contributed by atoms with Crippen LogP contribution in [0.15, 0.2) is 0 Å². The summed E-state index contributed by atoms with van der Waals surface area (Å²) in [6.07, 6.45) is -0.766. The van der Waals surface area contributed by atoms with Crippen molar-refractivity contribution in [3.63, 3.8) is 0 Å². The number of alkyl halides is 3. The van der Waals surface area contributed by atoms with E-state index in [0.29, 0.717) is 12.8 Å². The first-order chi connectivity index (χ1) is 6.49. The van der Waals surface area contributed by atoms with E-state index < -0.39 is 18.8 Å². The van der Waals surface area contributed by atoms with Gasteiger partial charge in [0.25, 0.3) is 0 Å². The summed E-state index contributed by atoms with van der Waals surface area (Å²) < 4.78 is 35.7. The second kappa shape index (κ2) is 4.98. The molecule has 2 unspecified atom stereocenters. The van der Waals surface area contributed by atoms with Gasteiger partial charge in [0.05, 0.1) is 12.6 Å². The first-order valence-electron chi connectivity index (χ1n) is 4.97. The van der Waals surface area contributed by atoms with Crippen molar-refractivity contribution in [3.8, 4) is 0 Å². The molecule has 5 heteroatoms. The lowest BCUT2D eigenvalue weighted by Gasteiger charge is -2.22. The Hall–Kier alpha value is -0.290. The Bertz CT molecular complexity index is 172. The van der Waals surface area contributed by atoms with Gasteiger partial charge >= 0.3 is 6.18 Å². The normalized spacial score (nSPS) is 30.0. The molecule has 0 saturated heterocycles. The highest BCUT2D eigenvalue weighted by Crippen LogP contribution is 2.19. The van der Waals surface area contributed by atoms with Crippen LogP contribution in [0.1, 0.15) is 32.1 Å². The van der Waals surface area contributed by atoms with E-state index in [2.05, 4.69) is 5.32 Å². The SMILES string of the molecule is OC1CCCCCC1NCC(F)(F)F. The monoisotopic (exact) mass is 211 g/mol. The van der Waals surface area contributed by atoms with Gasteiger partial charge < -0.3 is 10.4 Å². The molecule has 1 aliphatic rings. The van der Waals surface area contributed by atoms with Gasteiger partial charge in [-0.1, -0.05) is 19.3 Å². The summed E-state index contributed by atoms with van der Waals surface area (Å²) in [4.78, 5) is 0. The smallest absolute Gasteiger partial charge is 0.392 e. The lowest BCUT2D eigenvalue weighted by atomic mass is 10.1. The minimum atomic E-state index is -4.19. The average molecular weight is 211 g/mol. The third-order valence-electron chi connectivity index (χ3n) is 2.54. The number of nitrogens with one attached hydrogen (secondary N) is 1. The molecule has 0 aromatic rings. The minimum Gasteiger partial charge on any atom is -0.392 e. The maximum Gasteiger partial charge on any atom is 0.401 e. The fourth-order valence-electron chi connectivity index (χ4n) is 1.77. The van der Waals surface area contributed by atoms with Crippen LogP contribution in [-0.2, 0) is 0 Å². The maximum atomic E-state index is 11.9. The van der Waals surface area contributed by atoms with Crippen LogP contribution in [0, 0.1) is 0 Å². The molecule has 0 spiro atoms. The Morgan fingerprint density at radius 1 is 1.14 bits per heavy atom. The number of hydrogen-bond acceptors (Lipinski definition) is 2. The van der Waals surface area contributed by atoms with Crippen molar-refractivity contribution in [1.82, 2.24) is 5.32 Å². The molecule has 1 rings (SSSR count). The highest BCUT2D eigenvalue weighted by atomic mass is 19.4. The zero-order chi connectivity index (χ0) is 10.6. The van der Waals surface area contributed by atoms with Crippen LogP contribution in [0.4, 0.5) is 13.2 Å². The molecule has 2 N–H and O–H groups in total. The molecule has 1 fully saturated rings. The van der Waals surface area contributed by atoms with Crippen LogP contribution < -0.4 is 5.32 Å². The summed E-state index contributed by atoms with van der Waals surface area (Å²) in [7, 11) is 0. The molecular formula is C9H16F3NO. The molecule has 0 aliphatic heterocycles. The quantitative estimate of drug-likeness (QED) is 0.683. The summed E-state index contributed by atoms with van der Waals surface area (Å²) in [5.74, 6) is 0. The van der Waals surface area contributed by atoms with Gasteiger partial charge in [-0.25, -0.2) is 0 Å². The summed E-state index contributed by atoms with van der Waals surface area (Å²) in [5.41, 5.74) is 0. The molecule has 0 bridgehead atoms. The van der Waals surface area contributed by atoms with Crippen molar-refractivity contribution < 1.29 is 18.3 Å². The molecule has 0 heterocycles. The molecule has 1 aliphatic carbocycles. The van der Waals surface area contributed by atoms with Crippen LogP contribution in [0.2, 0.25) is 0 Å². The Balaban J connectivity index is 2.33. The van der Waals surface area contributed by atoms with Gasteiger partial charge in [0.1, 0.15) is 0 Å². The predicted octanol–water partition coefficient (Wildman–Crippen LogP) is 1.83. The highest BCUT2D eigenvalue weighted by Gasteiger charge is 2.30. The van der Waals surface area contributed by atoms with E-state index >= 15 is 0 Å². The predicted molar refractivity (Wildman–Crippen MR) is 46.9 cm³/mol. The van der Waals surface area contributed by atoms with Gasteiger partial charge in [-0.05, 0) is 12.8 Å². The van der Waals surface area contributed by atoms with Crippen LogP contribution in [-0.4, -0.2) is 30.0 Å². The Labute approximate surface area is 81.5 Å². The van der Waals surface area contributed by atoms with Gasteiger partial charge in [-0.2, -0.15) is 13.2 Å². The molecule has 0 aromatic heterocycles. The number of aliphatic hydroxyl groups excluding tert-OH is 1. The average Bonchev–Trinajstić information content (AvgIpc) is 2.25. The van der Waals surface area contributed by atoms with E-state index in [-0.39, 0.29) is 6.04 Å². The topological polar surface area (TPSA) is 32.3 Å². The van der Waals surface area contributed by atoms with E-state index in [4.69, 9.17) is 0 Å². The zero-order valence-electron chi connectivity index (χ0n) is 7.98. The minimum absolute atomic E-state index is 0.390. The standard InChI is InChI=1S/C9H16F3NO/c10-9(11,12)6-13-7-4-2-1-3-5-8(7)14/h7-8,13-14H,1-6H2. The third kappa shape index (κ3) is 4.28. The first-order valence-corrected chi connectivity index (χ1v) is 4.97. The van der Waals surface area contributed by atoms with Crippen molar-refractivity contribution >= 4 is 0 Å². The summed E-state index contributed by atoms with van der Waals surface area (Å²) in [5, 5.41) is 11.9. The molecule has 0 amide bonds. The van der Waals surface area contributed by atoms with Crippen LogP contribution in [0.5, 0.6) is 0 Å². The van der Waals surface area contributed by atoms with Crippen molar-refractivity contribution in [1.29, 1.82) is 0 Å². The van der Waals surface area contributed by atoms with E-state index in [1.54, 1.807) is 0 Å². The van der Waals surface area contributed by atoms with Gasteiger partial charge in [0.15, 0.2) is 0 Å². The highest BCUT2D eigenvalue weighted by molar-refractivity contribution is 4.79. The summed E-state index contributed by atoms with van der Waals surface area (Å²) in [6.45, 7) is -1.01. The molecular weight excluding hydrogens is 195 g/mol. The fraction of sp³-hybridized carbons (Fsp3) is 1.00. The van der Waals surface area contributed by atoms with Crippen LogP contribution in [0.25, 0.3) is 0 Å². The number of rotatable bonds is 2. The maximum absolute atomic E-state index is 11.9. The molecule has 14 heavy (non-hydrogen) atoms. The summed E-state index contributed by atoms with van der Waals surface area (Å²) >= 11 is 0. The Morgan fingerprint density at radius 3 is 2.43 bits per heavy atom. The first kappa shape index (κ1) is 11.8. The summed E-state index contributed by atoms with van der Waals surface area (Å²) in [6, 6.07) is -0.390. The van der Waals surface area contributed by atoms with Gasteiger partial charge in [0.2, 0.25) is 0 Å². The molecule has 1 saturated carbocycles. The van der Waals surface area contributed by atoms with Gasteiger partial charge in [-0.15, -0.1) is 0 Å². The Morgan fingerprint density at radius 2 is 1.79 bits per heavy atom. The molecule has 2 nitrogen and oxygen atoms in total. The second-order valence-electron chi connectivity index (χ2n) is 3.81. The van der Waals surface area contributed by atoms with E-state index in [1.165, 1.54) is 0 Å². The zero-order valence-corrected chi connectivity index (χ0v) is 7.98. The van der Waals surface area contributed by atoms with Gasteiger partial charge in [-0.3, -0.25) is 0 Å². The molecule has 0 radical (unpaired) electrons. The van der Waals surface area contributed by atoms with Gasteiger partial charge in [0, 0.05) is 6.04 Å². The lowest BCUT2D eigenvalue weighted by Crippen LogP contribution is -2.43. The van der Waals surface area contributed by atoms with Crippen molar-refractivity contribution in [2.45, 2.75) is 50.4 Å². The van der Waals surface area contributed by atoms with Crippen LogP contribution in [0.3, 0.4) is 0 Å². The van der Waals surface area contributed by atoms with E-state index in [0.717, 1.165) is 19.3 Å². The van der Waals surface area contributed by atoms with Crippen molar-refractivity contribution in [2.75, 3.05) is 6.54 Å². The van der Waals surface area contributed by atoms with Crippen LogP contribution >= 0.6 is 0 Å². The molecule has 84 valence electrons. The van der Waals surface area contributed by atoms with Crippen molar-refractivity contribution in [2.24, 2.45) is 0 Å². The third-order valence-corrected chi connectivity index (χ3v) is 2.54. The number of aliphatic hydroxyl groups is 1. The fourth-order valence-corrected chi connectivity index (χ4v) is 1.77. The molecule has 2 atom stereocenters. The largest absolute Gasteiger partial charge is 0.401 e. The Kier molecular flexibility index (Phi) is 4.19. The second-order valence-corrected chi connectivity index (χ2v) is 3.81. The molecule has 0 aromatic carbocycles. The van der Waals surface area contributed by atoms with Crippen molar-refractivity contribution in [3.05, 3.63) is 0 Å². The number of hydrogen-bond donors (Lipinski definition) is 2. The number of halogens is 3. The van der Waals surface area contributed by atoms with E-state index in [9.17, 15) is 18.3 Å². The lowest BCUT2D eigenvalue weighted by molar-refractivity contribution is -0.127. The van der Waals surface area contributed by atoms with E-state index in [1.807, 2.05) is 0 Å².